The van der Waals surface area contributed by atoms with Crippen molar-refractivity contribution in [2.75, 3.05) is 26.6 Å². The van der Waals surface area contributed by atoms with Crippen LogP contribution in [0.2, 0.25) is 0 Å². The summed E-state index contributed by atoms with van der Waals surface area (Å²) >= 11 is 0. The van der Waals surface area contributed by atoms with E-state index in [4.69, 9.17) is 24.7 Å². The van der Waals surface area contributed by atoms with Crippen LogP contribution in [0.4, 0.5) is 10.5 Å². The number of hydrogen-bond donors (Lipinski definition) is 3. The Morgan fingerprint density at radius 3 is 2.37 bits per heavy atom. The molecule has 0 radical (unpaired) electrons. The predicted octanol–water partition coefficient (Wildman–Crippen LogP) is 4.38. The largest absolute Gasteiger partial charge is 0.497 e. The molecule has 6 atom stereocenters. The fourth-order valence-corrected chi connectivity index (χ4v) is 4.94. The number of aliphatic hydroxyl groups excluding tert-OH is 1. The van der Waals surface area contributed by atoms with E-state index in [0.29, 0.717) is 48.3 Å². The summed E-state index contributed by atoms with van der Waals surface area (Å²) in [6.07, 6.45) is 2.62. The molecule has 2 bridgehead atoms. The smallest absolute Gasteiger partial charge is 0.405 e. The minimum absolute atomic E-state index is 0.162. The number of benzene rings is 1. The summed E-state index contributed by atoms with van der Waals surface area (Å²) in [5, 5.41) is 14.1. The number of ether oxygens (including phenoxy) is 4. The summed E-state index contributed by atoms with van der Waals surface area (Å²) in [4.78, 5) is 24.6. The van der Waals surface area contributed by atoms with E-state index in [2.05, 4.69) is 12.2 Å². The molecule has 38 heavy (non-hydrogen) atoms. The third kappa shape index (κ3) is 9.15. The molecule has 9 heteroatoms. The van der Waals surface area contributed by atoms with Crippen molar-refractivity contribution >= 4 is 17.7 Å². The second kappa shape index (κ2) is 14.9. The number of carbonyl (C=O) groups is 2. The zero-order chi connectivity index (χ0) is 28.4. The van der Waals surface area contributed by atoms with E-state index in [1.807, 2.05) is 38.1 Å². The lowest BCUT2D eigenvalue weighted by atomic mass is 9.88. The summed E-state index contributed by atoms with van der Waals surface area (Å²) in [5.74, 6) is 0.299. The first-order valence-electron chi connectivity index (χ1n) is 13.0. The predicted molar refractivity (Wildman–Crippen MR) is 147 cm³/mol. The van der Waals surface area contributed by atoms with Gasteiger partial charge in [-0.15, -0.1) is 0 Å². The van der Waals surface area contributed by atoms with Crippen LogP contribution >= 0.6 is 0 Å². The Morgan fingerprint density at radius 1 is 1.08 bits per heavy atom. The van der Waals surface area contributed by atoms with Gasteiger partial charge in [-0.05, 0) is 68.7 Å². The van der Waals surface area contributed by atoms with Gasteiger partial charge in [0.1, 0.15) is 5.75 Å². The Morgan fingerprint density at radius 2 is 1.76 bits per heavy atom. The second-order valence-electron chi connectivity index (χ2n) is 10.2. The number of hydrogen-bond acceptors (Lipinski definition) is 7. The number of rotatable bonds is 4. The number of nitrogens with one attached hydrogen (secondary N) is 1. The molecule has 4 N–H and O–H groups in total. The topological polar surface area (TPSA) is 129 Å². The van der Waals surface area contributed by atoms with Crippen molar-refractivity contribution in [1.82, 2.24) is 0 Å². The van der Waals surface area contributed by atoms with Crippen LogP contribution in [-0.2, 0) is 25.4 Å². The summed E-state index contributed by atoms with van der Waals surface area (Å²) in [6, 6.07) is 5.68. The lowest BCUT2D eigenvalue weighted by Crippen LogP contribution is -2.37. The molecule has 0 saturated heterocycles. The summed E-state index contributed by atoms with van der Waals surface area (Å²) in [7, 11) is 4.72. The lowest BCUT2D eigenvalue weighted by molar-refractivity contribution is -0.112. The average Bonchev–Trinajstić information content (AvgIpc) is 2.87. The standard InChI is InChI=1S/C29H44N2O7/c1-17-11-21-14-22(16-23(15-21)35-5)31-28(33)18(2)9-8-10-24(36-6)27(38-29(30)34)20(4)13-19(3)26(32)25(12-17)37-7/h9,13-17,19,24-27,32H,8,10-12H2,1-7H3,(H2,30,34)(H,31,33)/b18-9+,20-13+/t17-,19+,24+,25+,26-,27+/m1/s1. The maximum atomic E-state index is 12.9. The highest BCUT2D eigenvalue weighted by Gasteiger charge is 2.30. The molecule has 0 spiro atoms. The number of carbonyl (C=O) groups excluding carboxylic acids is 2. The minimum Gasteiger partial charge on any atom is -0.497 e. The molecule has 1 aliphatic heterocycles. The van der Waals surface area contributed by atoms with Gasteiger partial charge in [0.2, 0.25) is 0 Å². The summed E-state index contributed by atoms with van der Waals surface area (Å²) < 4.78 is 22.3. The van der Waals surface area contributed by atoms with E-state index in [-0.39, 0.29) is 17.7 Å². The Labute approximate surface area is 226 Å². The van der Waals surface area contributed by atoms with Crippen LogP contribution in [0.1, 0.15) is 52.5 Å². The molecule has 2 amide bonds. The molecule has 1 heterocycles. The zero-order valence-electron chi connectivity index (χ0n) is 23.7. The van der Waals surface area contributed by atoms with Gasteiger partial charge in [0.15, 0.2) is 6.10 Å². The lowest BCUT2D eigenvalue weighted by Gasteiger charge is -2.30. The summed E-state index contributed by atoms with van der Waals surface area (Å²) in [5.41, 5.74) is 8.28. The van der Waals surface area contributed by atoms with E-state index in [0.717, 1.165) is 5.56 Å². The van der Waals surface area contributed by atoms with Crippen LogP contribution in [0.5, 0.6) is 5.75 Å². The molecule has 0 unspecified atom stereocenters. The van der Waals surface area contributed by atoms with Crippen LogP contribution in [0, 0.1) is 11.8 Å². The zero-order valence-corrected chi connectivity index (χ0v) is 23.7. The van der Waals surface area contributed by atoms with Crippen molar-refractivity contribution < 1.29 is 33.6 Å². The average molecular weight is 533 g/mol. The number of methoxy groups -OCH3 is 3. The molecule has 1 aromatic carbocycles. The van der Waals surface area contributed by atoms with E-state index in [1.165, 1.54) is 7.11 Å². The fourth-order valence-electron chi connectivity index (χ4n) is 4.94. The van der Waals surface area contributed by atoms with Crippen LogP contribution in [0.3, 0.4) is 0 Å². The first-order valence-corrected chi connectivity index (χ1v) is 13.0. The highest BCUT2D eigenvalue weighted by molar-refractivity contribution is 6.03. The number of amides is 2. The Hall–Kier alpha value is -2.88. The van der Waals surface area contributed by atoms with Crippen LogP contribution < -0.4 is 15.8 Å². The fraction of sp³-hybridized carbons (Fsp3) is 0.586. The van der Waals surface area contributed by atoms with Gasteiger partial charge >= 0.3 is 6.09 Å². The Bertz CT molecular complexity index is 1010. The van der Waals surface area contributed by atoms with Crippen molar-refractivity contribution in [2.45, 2.75) is 77.8 Å². The van der Waals surface area contributed by atoms with Crippen molar-refractivity contribution in [2.24, 2.45) is 17.6 Å². The molecule has 0 saturated carbocycles. The number of fused-ring (bicyclic) bond motifs is 2. The Kier molecular flexibility index (Phi) is 12.3. The van der Waals surface area contributed by atoms with E-state index < -0.39 is 30.5 Å². The van der Waals surface area contributed by atoms with Crippen molar-refractivity contribution in [3.8, 4) is 5.75 Å². The highest BCUT2D eigenvalue weighted by Crippen LogP contribution is 2.28. The quantitative estimate of drug-likeness (QED) is 0.491. The van der Waals surface area contributed by atoms with Gasteiger partial charge in [-0.3, -0.25) is 4.79 Å². The van der Waals surface area contributed by atoms with Crippen molar-refractivity contribution in [1.29, 1.82) is 0 Å². The van der Waals surface area contributed by atoms with Gasteiger partial charge in [-0.2, -0.15) is 0 Å². The number of nitrogens with two attached hydrogens (primary N) is 1. The van der Waals surface area contributed by atoms with E-state index in [1.54, 1.807) is 27.2 Å². The van der Waals surface area contributed by atoms with Crippen molar-refractivity contribution in [3.05, 3.63) is 47.1 Å². The molecule has 2 rings (SSSR count). The summed E-state index contributed by atoms with van der Waals surface area (Å²) in [6.45, 7) is 7.56. The number of allylic oxidation sites excluding steroid dienone is 1. The van der Waals surface area contributed by atoms with Gasteiger partial charge in [0.25, 0.3) is 5.91 Å². The van der Waals surface area contributed by atoms with Gasteiger partial charge in [0, 0.05) is 37.5 Å². The number of anilines is 1. The maximum Gasteiger partial charge on any atom is 0.405 e. The molecule has 1 aromatic rings. The number of primary amides is 1. The van der Waals surface area contributed by atoms with Crippen LogP contribution in [0.25, 0.3) is 0 Å². The number of aliphatic hydroxyl groups is 1. The first-order chi connectivity index (χ1) is 18.0. The highest BCUT2D eigenvalue weighted by atomic mass is 16.6. The van der Waals surface area contributed by atoms with Gasteiger partial charge < -0.3 is 35.1 Å². The maximum absolute atomic E-state index is 12.9. The van der Waals surface area contributed by atoms with Gasteiger partial charge in [0.05, 0.1) is 25.4 Å². The third-order valence-electron chi connectivity index (χ3n) is 7.02. The third-order valence-corrected chi connectivity index (χ3v) is 7.02. The molecule has 212 valence electrons. The minimum atomic E-state index is -0.914. The Balaban J connectivity index is 2.49. The van der Waals surface area contributed by atoms with Crippen molar-refractivity contribution in [3.63, 3.8) is 0 Å². The monoisotopic (exact) mass is 532 g/mol. The molecular formula is C29H44N2O7. The van der Waals surface area contributed by atoms with E-state index in [9.17, 15) is 14.7 Å². The molecule has 0 aliphatic carbocycles. The van der Waals surface area contributed by atoms with E-state index >= 15 is 0 Å². The van der Waals surface area contributed by atoms with Crippen LogP contribution in [0.15, 0.2) is 41.5 Å². The normalized spacial score (nSPS) is 30.8. The molecular weight excluding hydrogens is 488 g/mol. The molecule has 9 nitrogen and oxygen atoms in total. The SMILES string of the molecule is COc1cc2cc(c1)NC(=O)/C(C)=C/CC[C@H](OC)[C@@H](OC(N)=O)/C(C)=C/[C@H](C)[C@@H](O)[C@@H](OC)C[C@H](C)C2. The molecule has 1 aliphatic rings. The van der Waals surface area contributed by atoms with Gasteiger partial charge in [-0.25, -0.2) is 4.79 Å². The first kappa shape index (κ1) is 31.3. The molecule has 0 aromatic heterocycles. The van der Waals surface area contributed by atoms with Crippen LogP contribution in [-0.4, -0.2) is 62.9 Å². The molecule has 0 fully saturated rings. The second-order valence-corrected chi connectivity index (χ2v) is 10.2. The van der Waals surface area contributed by atoms with Gasteiger partial charge in [-0.1, -0.05) is 26.0 Å².